The zero-order valence-corrected chi connectivity index (χ0v) is 14.1. The fourth-order valence-electron chi connectivity index (χ4n) is 1.74. The molecular formula is C14H16BrN3O2S. The molecule has 5 nitrogen and oxygen atoms in total. The molecule has 112 valence electrons. The van der Waals surface area contributed by atoms with E-state index in [0.29, 0.717) is 11.4 Å². The molecule has 0 heterocycles. The topological polar surface area (TPSA) is 75.4 Å². The SMILES string of the molecule is CN(C)S(=O)(=O)c1ccc(N)c(Nc2cccc(Br)c2)c1. The highest BCUT2D eigenvalue weighted by Crippen LogP contribution is 2.28. The summed E-state index contributed by atoms with van der Waals surface area (Å²) in [6, 6.07) is 12.1. The minimum Gasteiger partial charge on any atom is -0.397 e. The molecule has 7 heteroatoms. The van der Waals surface area contributed by atoms with E-state index < -0.39 is 10.0 Å². The summed E-state index contributed by atoms with van der Waals surface area (Å²) in [5, 5.41) is 3.13. The smallest absolute Gasteiger partial charge is 0.242 e. The lowest BCUT2D eigenvalue weighted by Gasteiger charge is -2.15. The molecule has 0 aliphatic heterocycles. The first kappa shape index (κ1) is 15.8. The molecule has 0 aliphatic carbocycles. The van der Waals surface area contributed by atoms with Gasteiger partial charge in [0.1, 0.15) is 0 Å². The van der Waals surface area contributed by atoms with E-state index >= 15 is 0 Å². The maximum atomic E-state index is 12.2. The molecule has 3 N–H and O–H groups in total. The molecule has 0 bridgehead atoms. The Balaban J connectivity index is 2.41. The van der Waals surface area contributed by atoms with Gasteiger partial charge in [0.15, 0.2) is 0 Å². The lowest BCUT2D eigenvalue weighted by molar-refractivity contribution is 0.521. The quantitative estimate of drug-likeness (QED) is 0.812. The Morgan fingerprint density at radius 1 is 1.14 bits per heavy atom. The predicted molar refractivity (Wildman–Crippen MR) is 89.2 cm³/mol. The highest BCUT2D eigenvalue weighted by molar-refractivity contribution is 9.10. The number of rotatable bonds is 4. The van der Waals surface area contributed by atoms with Crippen molar-refractivity contribution in [3.8, 4) is 0 Å². The summed E-state index contributed by atoms with van der Waals surface area (Å²) < 4.78 is 26.4. The average Bonchev–Trinajstić information content (AvgIpc) is 2.41. The van der Waals surface area contributed by atoms with E-state index in [1.165, 1.54) is 30.5 Å². The van der Waals surface area contributed by atoms with Crippen molar-refractivity contribution >= 4 is 43.0 Å². The number of benzene rings is 2. The molecule has 0 amide bonds. The average molecular weight is 370 g/mol. The third-order valence-corrected chi connectivity index (χ3v) is 5.21. The van der Waals surface area contributed by atoms with Crippen LogP contribution in [0.2, 0.25) is 0 Å². The third kappa shape index (κ3) is 3.55. The van der Waals surface area contributed by atoms with Crippen LogP contribution in [0.4, 0.5) is 17.1 Å². The zero-order valence-electron chi connectivity index (χ0n) is 11.7. The number of nitrogens with one attached hydrogen (secondary N) is 1. The van der Waals surface area contributed by atoms with Crippen molar-refractivity contribution in [2.45, 2.75) is 4.90 Å². The van der Waals surface area contributed by atoms with Crippen LogP contribution < -0.4 is 11.1 Å². The van der Waals surface area contributed by atoms with Crippen LogP contribution >= 0.6 is 15.9 Å². The van der Waals surface area contributed by atoms with Gasteiger partial charge in [0, 0.05) is 24.3 Å². The summed E-state index contributed by atoms with van der Waals surface area (Å²) in [5.41, 5.74) is 7.76. The Morgan fingerprint density at radius 2 is 1.86 bits per heavy atom. The monoisotopic (exact) mass is 369 g/mol. The van der Waals surface area contributed by atoms with Crippen molar-refractivity contribution in [3.05, 3.63) is 46.9 Å². The Bertz CT molecular complexity index is 761. The summed E-state index contributed by atoms with van der Waals surface area (Å²) in [6.45, 7) is 0. The van der Waals surface area contributed by atoms with Gasteiger partial charge >= 0.3 is 0 Å². The molecule has 0 spiro atoms. The number of nitrogen functional groups attached to an aromatic ring is 1. The van der Waals surface area contributed by atoms with E-state index in [4.69, 9.17) is 5.73 Å². The van der Waals surface area contributed by atoms with E-state index in [-0.39, 0.29) is 4.90 Å². The molecule has 0 unspecified atom stereocenters. The summed E-state index contributed by atoms with van der Waals surface area (Å²) >= 11 is 3.39. The number of halogens is 1. The van der Waals surface area contributed by atoms with Crippen molar-refractivity contribution < 1.29 is 8.42 Å². The predicted octanol–water partition coefficient (Wildman–Crippen LogP) is 3.03. The molecule has 0 aliphatic rings. The number of hydrogen-bond acceptors (Lipinski definition) is 4. The highest BCUT2D eigenvalue weighted by Gasteiger charge is 2.18. The third-order valence-electron chi connectivity index (χ3n) is 2.91. The van der Waals surface area contributed by atoms with Crippen LogP contribution in [0.1, 0.15) is 0 Å². The van der Waals surface area contributed by atoms with Gasteiger partial charge in [-0.25, -0.2) is 12.7 Å². The second kappa shape index (κ2) is 6.05. The molecule has 0 fully saturated rings. The van der Waals surface area contributed by atoms with Gasteiger partial charge in [-0.1, -0.05) is 22.0 Å². The fourth-order valence-corrected chi connectivity index (χ4v) is 3.06. The lowest BCUT2D eigenvalue weighted by Crippen LogP contribution is -2.22. The van der Waals surface area contributed by atoms with Crippen LogP contribution in [-0.2, 0) is 10.0 Å². The molecule has 2 aromatic carbocycles. The molecule has 0 radical (unpaired) electrons. The van der Waals surface area contributed by atoms with Crippen LogP contribution in [0.5, 0.6) is 0 Å². The fraction of sp³-hybridized carbons (Fsp3) is 0.143. The molecule has 0 atom stereocenters. The lowest BCUT2D eigenvalue weighted by atomic mass is 10.2. The van der Waals surface area contributed by atoms with E-state index in [1.807, 2.05) is 24.3 Å². The summed E-state index contributed by atoms with van der Waals surface area (Å²) in [7, 11) is -0.502. The van der Waals surface area contributed by atoms with Crippen molar-refractivity contribution in [3.63, 3.8) is 0 Å². The Hall–Kier alpha value is -1.57. The second-order valence-corrected chi connectivity index (χ2v) is 7.74. The minimum atomic E-state index is -3.49. The van der Waals surface area contributed by atoms with Gasteiger partial charge in [-0.05, 0) is 36.4 Å². The number of anilines is 3. The first-order valence-electron chi connectivity index (χ1n) is 6.15. The maximum absolute atomic E-state index is 12.2. The molecule has 2 rings (SSSR count). The van der Waals surface area contributed by atoms with Crippen molar-refractivity contribution in [1.82, 2.24) is 4.31 Å². The van der Waals surface area contributed by atoms with Gasteiger partial charge in [-0.2, -0.15) is 0 Å². The van der Waals surface area contributed by atoms with E-state index in [1.54, 1.807) is 6.07 Å². The molecular weight excluding hydrogens is 354 g/mol. The highest BCUT2D eigenvalue weighted by atomic mass is 79.9. The Labute approximate surface area is 132 Å². The van der Waals surface area contributed by atoms with Crippen molar-refractivity contribution in [2.75, 3.05) is 25.1 Å². The maximum Gasteiger partial charge on any atom is 0.242 e. The van der Waals surface area contributed by atoms with Gasteiger partial charge in [0.05, 0.1) is 16.3 Å². The number of nitrogens with two attached hydrogens (primary N) is 1. The van der Waals surface area contributed by atoms with Crippen LogP contribution in [0.25, 0.3) is 0 Å². The standard InChI is InChI=1S/C14H16BrN3O2S/c1-18(2)21(19,20)12-6-7-13(16)14(9-12)17-11-5-3-4-10(15)8-11/h3-9,17H,16H2,1-2H3. The van der Waals surface area contributed by atoms with Gasteiger partial charge in [-0.15, -0.1) is 0 Å². The number of sulfonamides is 1. The molecule has 2 aromatic rings. The van der Waals surface area contributed by atoms with Crippen molar-refractivity contribution in [1.29, 1.82) is 0 Å². The molecule has 21 heavy (non-hydrogen) atoms. The normalized spacial score (nSPS) is 11.6. The Kier molecular flexibility index (Phi) is 4.55. The first-order valence-corrected chi connectivity index (χ1v) is 8.38. The van der Waals surface area contributed by atoms with Gasteiger partial charge in [-0.3, -0.25) is 0 Å². The van der Waals surface area contributed by atoms with E-state index in [2.05, 4.69) is 21.2 Å². The van der Waals surface area contributed by atoms with Crippen LogP contribution in [0.15, 0.2) is 51.8 Å². The summed E-state index contributed by atoms with van der Waals surface area (Å²) in [6.07, 6.45) is 0. The second-order valence-electron chi connectivity index (χ2n) is 4.67. The van der Waals surface area contributed by atoms with E-state index in [0.717, 1.165) is 10.2 Å². The zero-order chi connectivity index (χ0) is 15.6. The molecule has 0 aromatic heterocycles. The number of hydrogen-bond donors (Lipinski definition) is 2. The first-order chi connectivity index (χ1) is 9.80. The van der Waals surface area contributed by atoms with Gasteiger partial charge in [0.25, 0.3) is 0 Å². The van der Waals surface area contributed by atoms with Crippen LogP contribution in [0, 0.1) is 0 Å². The molecule has 0 saturated heterocycles. The van der Waals surface area contributed by atoms with Gasteiger partial charge < -0.3 is 11.1 Å². The van der Waals surface area contributed by atoms with E-state index in [9.17, 15) is 8.42 Å². The minimum absolute atomic E-state index is 0.194. The van der Waals surface area contributed by atoms with Crippen LogP contribution in [0.3, 0.4) is 0 Å². The number of nitrogens with zero attached hydrogens (tertiary/aromatic N) is 1. The van der Waals surface area contributed by atoms with Gasteiger partial charge in [0.2, 0.25) is 10.0 Å². The van der Waals surface area contributed by atoms with Crippen molar-refractivity contribution in [2.24, 2.45) is 0 Å². The molecule has 0 saturated carbocycles. The largest absolute Gasteiger partial charge is 0.397 e. The Morgan fingerprint density at radius 3 is 2.48 bits per heavy atom. The van der Waals surface area contributed by atoms with Crippen LogP contribution in [-0.4, -0.2) is 26.8 Å². The summed E-state index contributed by atoms with van der Waals surface area (Å²) in [4.78, 5) is 0.194. The summed E-state index contributed by atoms with van der Waals surface area (Å²) in [5.74, 6) is 0.